The highest BCUT2D eigenvalue weighted by molar-refractivity contribution is 9.10. The van der Waals surface area contributed by atoms with E-state index in [1.54, 1.807) is 6.92 Å². The number of halogens is 1. The lowest BCUT2D eigenvalue weighted by molar-refractivity contribution is -0.115. The third-order valence-corrected chi connectivity index (χ3v) is 3.02. The summed E-state index contributed by atoms with van der Waals surface area (Å²) in [6, 6.07) is 0. The van der Waals surface area contributed by atoms with Crippen LogP contribution in [0, 0.1) is 13.8 Å². The fraction of sp³-hybridized carbons (Fsp3) is 0.500. The fourth-order valence-corrected chi connectivity index (χ4v) is 1.66. The maximum Gasteiger partial charge on any atom is 0.239 e. The molecule has 0 saturated carbocycles. The largest absolute Gasteiger partial charge is 0.301 e. The molecular formula is C8H11BrN2OS. The van der Waals surface area contributed by atoms with Crippen LogP contribution in [0.1, 0.15) is 17.5 Å². The number of amides is 1. The van der Waals surface area contributed by atoms with E-state index >= 15 is 0 Å². The molecule has 0 unspecified atom stereocenters. The van der Waals surface area contributed by atoms with Crippen molar-refractivity contribution >= 4 is 38.3 Å². The second-order valence-corrected chi connectivity index (χ2v) is 5.34. The molecule has 0 fully saturated rings. The first-order chi connectivity index (χ1) is 6.00. The number of nitrogens with one attached hydrogen (secondary N) is 1. The van der Waals surface area contributed by atoms with Gasteiger partial charge in [0.2, 0.25) is 5.91 Å². The first-order valence-corrected chi connectivity index (χ1v) is 5.63. The number of alkyl halides is 1. The van der Waals surface area contributed by atoms with Gasteiger partial charge in [0.05, 0.1) is 10.5 Å². The Balaban J connectivity index is 2.70. The highest BCUT2D eigenvalue weighted by Crippen LogP contribution is 2.21. The van der Waals surface area contributed by atoms with Crippen molar-refractivity contribution in [1.82, 2.24) is 4.98 Å². The molecule has 5 heteroatoms. The molecule has 1 rings (SSSR count). The zero-order valence-electron chi connectivity index (χ0n) is 7.72. The molecule has 3 nitrogen and oxygen atoms in total. The van der Waals surface area contributed by atoms with E-state index < -0.39 is 0 Å². The lowest BCUT2D eigenvalue weighted by Gasteiger charge is -2.01. The van der Waals surface area contributed by atoms with Gasteiger partial charge in [0.1, 0.15) is 0 Å². The first kappa shape index (κ1) is 10.7. The third-order valence-electron chi connectivity index (χ3n) is 1.62. The molecular weight excluding hydrogens is 252 g/mol. The van der Waals surface area contributed by atoms with E-state index in [-0.39, 0.29) is 10.7 Å². The molecule has 0 aliphatic heterocycles. The second kappa shape index (κ2) is 4.19. The number of hydrogen-bond donors (Lipinski definition) is 1. The van der Waals surface area contributed by atoms with E-state index in [9.17, 15) is 4.79 Å². The number of aryl methyl sites for hydroxylation is 2. The average Bonchev–Trinajstić information content (AvgIpc) is 2.31. The molecule has 1 atom stereocenters. The van der Waals surface area contributed by atoms with Gasteiger partial charge in [0.15, 0.2) is 5.13 Å². The van der Waals surface area contributed by atoms with Crippen LogP contribution in [0.4, 0.5) is 5.13 Å². The summed E-state index contributed by atoms with van der Waals surface area (Å²) in [5.41, 5.74) is 0.975. The third kappa shape index (κ3) is 2.77. The lowest BCUT2D eigenvalue weighted by atomic mass is 10.4. The maximum absolute atomic E-state index is 11.2. The Morgan fingerprint density at radius 3 is 2.62 bits per heavy atom. The molecule has 0 spiro atoms. The van der Waals surface area contributed by atoms with Crippen molar-refractivity contribution in [1.29, 1.82) is 0 Å². The van der Waals surface area contributed by atoms with Crippen LogP contribution in [-0.2, 0) is 4.79 Å². The van der Waals surface area contributed by atoms with Crippen molar-refractivity contribution in [3.05, 3.63) is 10.6 Å². The SMILES string of the molecule is Cc1nc(NC(=O)[C@@H](C)Br)sc1C. The smallest absolute Gasteiger partial charge is 0.239 e. The summed E-state index contributed by atoms with van der Waals surface area (Å²) >= 11 is 4.68. The molecule has 0 saturated heterocycles. The number of hydrogen-bond acceptors (Lipinski definition) is 3. The molecule has 0 aromatic carbocycles. The molecule has 72 valence electrons. The van der Waals surface area contributed by atoms with Crippen molar-refractivity contribution in [2.75, 3.05) is 5.32 Å². The molecule has 0 aliphatic carbocycles. The Morgan fingerprint density at radius 1 is 1.62 bits per heavy atom. The maximum atomic E-state index is 11.2. The number of nitrogens with zero attached hydrogens (tertiary/aromatic N) is 1. The first-order valence-electron chi connectivity index (χ1n) is 3.89. The summed E-state index contributed by atoms with van der Waals surface area (Å²) in [7, 11) is 0. The fourth-order valence-electron chi connectivity index (χ4n) is 0.731. The number of carbonyl (C=O) groups excluding carboxylic acids is 1. The topological polar surface area (TPSA) is 42.0 Å². The zero-order valence-corrected chi connectivity index (χ0v) is 10.1. The van der Waals surface area contributed by atoms with E-state index in [0.29, 0.717) is 5.13 Å². The van der Waals surface area contributed by atoms with Gasteiger partial charge in [-0.3, -0.25) is 4.79 Å². The normalized spacial score (nSPS) is 12.6. The van der Waals surface area contributed by atoms with Crippen molar-refractivity contribution in [2.45, 2.75) is 25.6 Å². The minimum absolute atomic E-state index is 0.0613. The predicted molar refractivity (Wildman–Crippen MR) is 58.6 cm³/mol. The number of thiazole rings is 1. The molecule has 1 aromatic heterocycles. The van der Waals surface area contributed by atoms with Gasteiger partial charge in [-0.2, -0.15) is 0 Å². The molecule has 1 heterocycles. The van der Waals surface area contributed by atoms with Crippen LogP contribution < -0.4 is 5.32 Å². The van der Waals surface area contributed by atoms with Crippen LogP contribution >= 0.6 is 27.3 Å². The van der Waals surface area contributed by atoms with Crippen molar-refractivity contribution in [3.8, 4) is 0 Å². The Labute approximate surface area is 89.7 Å². The van der Waals surface area contributed by atoms with Crippen molar-refractivity contribution < 1.29 is 4.79 Å². The van der Waals surface area contributed by atoms with Crippen molar-refractivity contribution in [3.63, 3.8) is 0 Å². The molecule has 1 amide bonds. The summed E-state index contributed by atoms with van der Waals surface area (Å²) in [6.07, 6.45) is 0. The summed E-state index contributed by atoms with van der Waals surface area (Å²) in [5.74, 6) is -0.0613. The Bertz CT molecular complexity index is 302. The predicted octanol–water partition coefficient (Wildman–Crippen LogP) is 2.48. The number of aromatic nitrogens is 1. The standard InChI is InChI=1S/C8H11BrN2OS/c1-4(9)7(12)11-8-10-5(2)6(3)13-8/h4H,1-3H3,(H,10,11,12)/t4-/m1/s1. The van der Waals surface area contributed by atoms with Crippen LogP contribution in [0.5, 0.6) is 0 Å². The molecule has 1 N–H and O–H groups in total. The molecule has 0 bridgehead atoms. The summed E-state index contributed by atoms with van der Waals surface area (Å²) in [5, 5.41) is 3.40. The average molecular weight is 263 g/mol. The number of rotatable bonds is 2. The molecule has 13 heavy (non-hydrogen) atoms. The van der Waals surface area contributed by atoms with Gasteiger partial charge >= 0.3 is 0 Å². The van der Waals surface area contributed by atoms with Gasteiger partial charge < -0.3 is 5.32 Å². The van der Waals surface area contributed by atoms with E-state index in [1.165, 1.54) is 11.3 Å². The van der Waals surface area contributed by atoms with Crippen LogP contribution in [0.15, 0.2) is 0 Å². The number of carbonyl (C=O) groups is 1. The van der Waals surface area contributed by atoms with Gasteiger partial charge in [-0.05, 0) is 20.8 Å². The molecule has 1 aromatic rings. The van der Waals surface area contributed by atoms with E-state index in [0.717, 1.165) is 10.6 Å². The van der Waals surface area contributed by atoms with Gasteiger partial charge in [-0.1, -0.05) is 15.9 Å². The quantitative estimate of drug-likeness (QED) is 0.833. The second-order valence-electron chi connectivity index (χ2n) is 2.77. The summed E-state index contributed by atoms with van der Waals surface area (Å²) < 4.78 is 0. The van der Waals surface area contributed by atoms with Crippen LogP contribution in [-0.4, -0.2) is 15.7 Å². The molecule has 0 aliphatic rings. The summed E-state index contributed by atoms with van der Waals surface area (Å²) in [4.78, 5) is 16.4. The highest BCUT2D eigenvalue weighted by Gasteiger charge is 2.11. The van der Waals surface area contributed by atoms with Crippen LogP contribution in [0.25, 0.3) is 0 Å². The van der Waals surface area contributed by atoms with E-state index in [1.807, 2.05) is 13.8 Å². The van der Waals surface area contributed by atoms with Crippen LogP contribution in [0.3, 0.4) is 0 Å². The summed E-state index contributed by atoms with van der Waals surface area (Å²) in [6.45, 7) is 5.70. The van der Waals surface area contributed by atoms with Gasteiger partial charge in [0, 0.05) is 4.88 Å². The van der Waals surface area contributed by atoms with Crippen LogP contribution in [0.2, 0.25) is 0 Å². The van der Waals surface area contributed by atoms with E-state index in [2.05, 4.69) is 26.2 Å². The van der Waals surface area contributed by atoms with Gasteiger partial charge in [0.25, 0.3) is 0 Å². The monoisotopic (exact) mass is 262 g/mol. The number of anilines is 1. The van der Waals surface area contributed by atoms with E-state index in [4.69, 9.17) is 0 Å². The lowest BCUT2D eigenvalue weighted by Crippen LogP contribution is -2.19. The minimum Gasteiger partial charge on any atom is -0.301 e. The van der Waals surface area contributed by atoms with Gasteiger partial charge in [-0.15, -0.1) is 11.3 Å². The Kier molecular flexibility index (Phi) is 3.44. The minimum atomic E-state index is -0.183. The molecule has 0 radical (unpaired) electrons. The zero-order chi connectivity index (χ0) is 10.0. The Morgan fingerprint density at radius 2 is 2.23 bits per heavy atom. The van der Waals surface area contributed by atoms with Gasteiger partial charge in [-0.25, -0.2) is 4.98 Å². The Hall–Kier alpha value is -0.420. The highest BCUT2D eigenvalue weighted by atomic mass is 79.9. The van der Waals surface area contributed by atoms with Crippen molar-refractivity contribution in [2.24, 2.45) is 0 Å².